The van der Waals surface area contributed by atoms with E-state index in [0.717, 1.165) is 0 Å². The van der Waals surface area contributed by atoms with E-state index in [1.165, 1.54) is 18.9 Å². The molecule has 1 atom stereocenters. The Kier molecular flexibility index (Phi) is 8.84. The maximum Gasteiger partial charge on any atom is 0.408 e. The third-order valence-corrected chi connectivity index (χ3v) is 3.24. The van der Waals surface area contributed by atoms with Crippen LogP contribution in [-0.4, -0.2) is 53.4 Å². The number of rotatable bonds is 8. The number of carboxylic acid groups (broad SMARTS) is 1. The lowest BCUT2D eigenvalue weighted by Crippen LogP contribution is -2.43. The standard InChI is InChI=1S/C13H23NO6S/c1-13(2,3)20-12(18)14-9(11(16)17)5-7-21-8-6-10(15)19-4/h9H,5-8H2,1-4H3,(H,14,18)(H,16,17). The van der Waals surface area contributed by atoms with E-state index in [1.807, 2.05) is 0 Å². The minimum atomic E-state index is -1.12. The normalized spacial score (nSPS) is 12.4. The van der Waals surface area contributed by atoms with E-state index in [4.69, 9.17) is 9.84 Å². The summed E-state index contributed by atoms with van der Waals surface area (Å²) in [5.74, 6) is -0.367. The highest BCUT2D eigenvalue weighted by Gasteiger charge is 2.23. The molecule has 0 saturated heterocycles. The second kappa shape index (κ2) is 9.49. The number of amides is 1. The number of hydrogen-bond acceptors (Lipinski definition) is 6. The average molecular weight is 321 g/mol. The van der Waals surface area contributed by atoms with Crippen molar-refractivity contribution in [1.29, 1.82) is 0 Å². The van der Waals surface area contributed by atoms with Gasteiger partial charge >= 0.3 is 18.0 Å². The van der Waals surface area contributed by atoms with Crippen LogP contribution in [0.5, 0.6) is 0 Å². The number of methoxy groups -OCH3 is 1. The predicted molar refractivity (Wildman–Crippen MR) is 79.4 cm³/mol. The van der Waals surface area contributed by atoms with E-state index < -0.39 is 23.7 Å². The quantitative estimate of drug-likeness (QED) is 0.517. The summed E-state index contributed by atoms with van der Waals surface area (Å²) in [5.41, 5.74) is -0.678. The van der Waals surface area contributed by atoms with Crippen molar-refractivity contribution in [3.8, 4) is 0 Å². The summed E-state index contributed by atoms with van der Waals surface area (Å²) < 4.78 is 9.51. The number of ether oxygens (including phenoxy) is 2. The molecule has 0 spiro atoms. The van der Waals surface area contributed by atoms with Gasteiger partial charge in [0.25, 0.3) is 0 Å². The van der Waals surface area contributed by atoms with Crippen molar-refractivity contribution in [2.45, 2.75) is 45.3 Å². The molecule has 1 unspecified atom stereocenters. The van der Waals surface area contributed by atoms with E-state index in [1.54, 1.807) is 20.8 Å². The Bertz CT molecular complexity index is 366. The second-order valence-electron chi connectivity index (χ2n) is 5.26. The molecule has 0 bridgehead atoms. The van der Waals surface area contributed by atoms with Crippen LogP contribution in [-0.2, 0) is 19.1 Å². The molecule has 0 aliphatic rings. The van der Waals surface area contributed by atoms with Gasteiger partial charge in [-0.05, 0) is 32.9 Å². The van der Waals surface area contributed by atoms with Gasteiger partial charge < -0.3 is 19.9 Å². The molecule has 0 rings (SSSR count). The molecule has 2 N–H and O–H groups in total. The number of carboxylic acids is 1. The Hall–Kier alpha value is -1.44. The Balaban J connectivity index is 4.06. The molecule has 0 aliphatic carbocycles. The van der Waals surface area contributed by atoms with Gasteiger partial charge in [-0.25, -0.2) is 9.59 Å². The van der Waals surface area contributed by atoms with Crippen LogP contribution in [0, 0.1) is 0 Å². The SMILES string of the molecule is COC(=O)CCSCCC(NC(=O)OC(C)(C)C)C(=O)O. The van der Waals surface area contributed by atoms with Gasteiger partial charge in [0.2, 0.25) is 0 Å². The van der Waals surface area contributed by atoms with Crippen LogP contribution < -0.4 is 5.32 Å². The minimum absolute atomic E-state index is 0.250. The third-order valence-electron chi connectivity index (χ3n) is 2.22. The smallest absolute Gasteiger partial charge is 0.408 e. The molecule has 7 nitrogen and oxygen atoms in total. The molecule has 21 heavy (non-hydrogen) atoms. The van der Waals surface area contributed by atoms with Crippen molar-refractivity contribution in [3.05, 3.63) is 0 Å². The first-order valence-electron chi connectivity index (χ1n) is 6.52. The van der Waals surface area contributed by atoms with Crippen LogP contribution in [0.1, 0.15) is 33.6 Å². The lowest BCUT2D eigenvalue weighted by atomic mass is 10.2. The molecule has 0 aromatic rings. The van der Waals surface area contributed by atoms with Crippen molar-refractivity contribution >= 4 is 29.8 Å². The van der Waals surface area contributed by atoms with Gasteiger partial charge in [-0.1, -0.05) is 0 Å². The third kappa shape index (κ3) is 10.9. The molecular weight excluding hydrogens is 298 g/mol. The highest BCUT2D eigenvalue weighted by atomic mass is 32.2. The Labute approximate surface area is 128 Å². The van der Waals surface area contributed by atoms with Crippen molar-refractivity contribution in [3.63, 3.8) is 0 Å². The van der Waals surface area contributed by atoms with Crippen LogP contribution >= 0.6 is 11.8 Å². The fourth-order valence-electron chi connectivity index (χ4n) is 1.27. The van der Waals surface area contributed by atoms with Crippen LogP contribution in [0.25, 0.3) is 0 Å². The van der Waals surface area contributed by atoms with E-state index in [-0.39, 0.29) is 18.8 Å². The summed E-state index contributed by atoms with van der Waals surface area (Å²) in [6.07, 6.45) is -0.229. The molecule has 0 heterocycles. The Morgan fingerprint density at radius 1 is 1.24 bits per heavy atom. The summed E-state index contributed by atoms with van der Waals surface area (Å²) in [7, 11) is 1.32. The molecule has 0 fully saturated rings. The molecule has 122 valence electrons. The maximum atomic E-state index is 11.5. The fraction of sp³-hybridized carbons (Fsp3) is 0.769. The Morgan fingerprint density at radius 2 is 1.86 bits per heavy atom. The van der Waals surface area contributed by atoms with Crippen molar-refractivity contribution in [1.82, 2.24) is 5.32 Å². The van der Waals surface area contributed by atoms with Crippen LogP contribution in [0.15, 0.2) is 0 Å². The van der Waals surface area contributed by atoms with Crippen LogP contribution in [0.4, 0.5) is 4.79 Å². The maximum absolute atomic E-state index is 11.5. The fourth-order valence-corrected chi connectivity index (χ4v) is 2.19. The van der Waals surface area contributed by atoms with Crippen LogP contribution in [0.3, 0.4) is 0 Å². The van der Waals surface area contributed by atoms with E-state index in [0.29, 0.717) is 11.5 Å². The van der Waals surface area contributed by atoms with Crippen molar-refractivity contribution < 1.29 is 29.0 Å². The van der Waals surface area contributed by atoms with E-state index in [2.05, 4.69) is 10.1 Å². The van der Waals surface area contributed by atoms with Gasteiger partial charge in [-0.15, -0.1) is 0 Å². The van der Waals surface area contributed by atoms with Gasteiger partial charge in [0.05, 0.1) is 13.5 Å². The molecule has 0 aliphatic heterocycles. The first-order valence-corrected chi connectivity index (χ1v) is 7.68. The van der Waals surface area contributed by atoms with Gasteiger partial charge in [0.15, 0.2) is 0 Å². The minimum Gasteiger partial charge on any atom is -0.480 e. The highest BCUT2D eigenvalue weighted by molar-refractivity contribution is 7.99. The zero-order chi connectivity index (χ0) is 16.5. The number of nitrogens with one attached hydrogen (secondary N) is 1. The largest absolute Gasteiger partial charge is 0.480 e. The zero-order valence-electron chi connectivity index (χ0n) is 12.8. The van der Waals surface area contributed by atoms with Crippen molar-refractivity contribution in [2.24, 2.45) is 0 Å². The topological polar surface area (TPSA) is 102 Å². The first kappa shape index (κ1) is 19.6. The monoisotopic (exact) mass is 321 g/mol. The molecule has 0 radical (unpaired) electrons. The lowest BCUT2D eigenvalue weighted by molar-refractivity contribution is -0.140. The summed E-state index contributed by atoms with van der Waals surface area (Å²) in [4.78, 5) is 33.5. The van der Waals surface area contributed by atoms with Crippen LogP contribution in [0.2, 0.25) is 0 Å². The molecular formula is C13H23NO6S. The molecule has 0 aromatic heterocycles. The zero-order valence-corrected chi connectivity index (χ0v) is 13.6. The number of carbonyl (C=O) groups is 3. The summed E-state index contributed by atoms with van der Waals surface area (Å²) >= 11 is 1.43. The van der Waals surface area contributed by atoms with Gasteiger partial charge in [-0.2, -0.15) is 11.8 Å². The molecule has 1 amide bonds. The number of esters is 1. The predicted octanol–water partition coefficient (Wildman–Crippen LogP) is 1.65. The van der Waals surface area contributed by atoms with Gasteiger partial charge in [-0.3, -0.25) is 4.79 Å². The summed E-state index contributed by atoms with van der Waals surface area (Å²) in [6, 6.07) is -1.01. The lowest BCUT2D eigenvalue weighted by Gasteiger charge is -2.21. The second-order valence-corrected chi connectivity index (χ2v) is 6.49. The summed E-state index contributed by atoms with van der Waals surface area (Å²) in [5, 5.41) is 11.4. The number of alkyl carbamates (subject to hydrolysis) is 1. The van der Waals surface area contributed by atoms with Crippen molar-refractivity contribution in [2.75, 3.05) is 18.6 Å². The first-order chi connectivity index (χ1) is 9.65. The number of aliphatic carboxylic acids is 1. The molecule has 8 heteroatoms. The van der Waals surface area contributed by atoms with E-state index in [9.17, 15) is 14.4 Å². The summed E-state index contributed by atoms with van der Waals surface area (Å²) in [6.45, 7) is 5.10. The number of thioether (sulfide) groups is 1. The number of carbonyl (C=O) groups excluding carboxylic acids is 2. The number of hydrogen-bond donors (Lipinski definition) is 2. The average Bonchev–Trinajstić information content (AvgIpc) is 2.34. The van der Waals surface area contributed by atoms with Gasteiger partial charge in [0.1, 0.15) is 11.6 Å². The molecule has 0 saturated carbocycles. The Morgan fingerprint density at radius 3 is 2.33 bits per heavy atom. The van der Waals surface area contributed by atoms with E-state index >= 15 is 0 Å². The van der Waals surface area contributed by atoms with Gasteiger partial charge in [0, 0.05) is 5.75 Å². The molecule has 0 aromatic carbocycles. The highest BCUT2D eigenvalue weighted by Crippen LogP contribution is 2.10.